The predicted octanol–water partition coefficient (Wildman–Crippen LogP) is 4.53. The maximum Gasteiger partial charge on any atom is 0.339 e. The van der Waals surface area contributed by atoms with E-state index in [0.717, 1.165) is 5.56 Å². The number of nitrogens with one attached hydrogen (secondary N) is 1. The summed E-state index contributed by atoms with van der Waals surface area (Å²) >= 11 is 0. The number of benzene rings is 3. The first kappa shape index (κ1) is 17.4. The van der Waals surface area contributed by atoms with E-state index in [1.807, 2.05) is 43.3 Å². The van der Waals surface area contributed by atoms with Gasteiger partial charge in [0.05, 0.1) is 5.56 Å². The Balaban J connectivity index is 1.82. The third-order valence-corrected chi connectivity index (χ3v) is 3.89. The second kappa shape index (κ2) is 8.12. The molecule has 0 unspecified atom stereocenters. The highest BCUT2D eigenvalue weighted by atomic mass is 16.5. The molecule has 1 N–H and O–H groups in total. The van der Waals surface area contributed by atoms with Gasteiger partial charge in [0, 0.05) is 11.3 Å². The lowest BCUT2D eigenvalue weighted by Crippen LogP contribution is -2.26. The summed E-state index contributed by atoms with van der Waals surface area (Å²) < 4.78 is 5.53. The van der Waals surface area contributed by atoms with E-state index in [9.17, 15) is 9.59 Å². The molecule has 3 rings (SSSR count). The topological polar surface area (TPSA) is 55.4 Å². The predicted molar refractivity (Wildman–Crippen MR) is 101 cm³/mol. The monoisotopic (exact) mass is 345 g/mol. The molecule has 0 saturated heterocycles. The lowest BCUT2D eigenvalue weighted by atomic mass is 10.1. The Hall–Kier alpha value is -3.40. The fourth-order valence-corrected chi connectivity index (χ4v) is 2.49. The highest BCUT2D eigenvalue weighted by Gasteiger charge is 2.25. The normalized spacial score (nSPS) is 11.4. The standard InChI is InChI=1S/C22H19NO3/c1-16-12-14-19(15-13-16)23-21(24)20(17-8-4-2-5-9-17)26-22(25)18-10-6-3-7-11-18/h2-15,20H,1H3,(H,23,24)/t20-/m1/s1. The fraction of sp³-hybridized carbons (Fsp3) is 0.0909. The van der Waals surface area contributed by atoms with Gasteiger partial charge in [0.15, 0.2) is 0 Å². The SMILES string of the molecule is Cc1ccc(NC(=O)[C@H](OC(=O)c2ccccc2)c2ccccc2)cc1. The van der Waals surface area contributed by atoms with E-state index in [-0.39, 0.29) is 0 Å². The van der Waals surface area contributed by atoms with Gasteiger partial charge in [0.2, 0.25) is 6.10 Å². The summed E-state index contributed by atoms with van der Waals surface area (Å²) in [5.41, 5.74) is 2.76. The van der Waals surface area contributed by atoms with Crippen LogP contribution in [0.4, 0.5) is 5.69 Å². The molecule has 0 bridgehead atoms. The molecule has 26 heavy (non-hydrogen) atoms. The number of hydrogen-bond acceptors (Lipinski definition) is 3. The summed E-state index contributed by atoms with van der Waals surface area (Å²) in [6.45, 7) is 1.97. The minimum absolute atomic E-state index is 0.399. The molecule has 130 valence electrons. The smallest absolute Gasteiger partial charge is 0.339 e. The largest absolute Gasteiger partial charge is 0.444 e. The van der Waals surface area contributed by atoms with Gasteiger partial charge in [-0.05, 0) is 31.2 Å². The van der Waals surface area contributed by atoms with Gasteiger partial charge in [-0.25, -0.2) is 4.79 Å². The van der Waals surface area contributed by atoms with Gasteiger partial charge < -0.3 is 10.1 Å². The van der Waals surface area contributed by atoms with Crippen LogP contribution in [0.2, 0.25) is 0 Å². The van der Waals surface area contributed by atoms with Crippen LogP contribution in [0, 0.1) is 6.92 Å². The molecule has 4 heteroatoms. The maximum atomic E-state index is 12.8. The Morgan fingerprint density at radius 3 is 2.00 bits per heavy atom. The number of esters is 1. The zero-order chi connectivity index (χ0) is 18.4. The molecular weight excluding hydrogens is 326 g/mol. The molecule has 0 saturated carbocycles. The van der Waals surface area contributed by atoms with Crippen molar-refractivity contribution in [3.8, 4) is 0 Å². The molecule has 4 nitrogen and oxygen atoms in total. The summed E-state index contributed by atoms with van der Waals surface area (Å²) in [5, 5.41) is 2.81. The van der Waals surface area contributed by atoms with E-state index in [4.69, 9.17) is 4.74 Å². The Bertz CT molecular complexity index is 874. The van der Waals surface area contributed by atoms with Crippen molar-refractivity contribution in [1.82, 2.24) is 0 Å². The number of rotatable bonds is 5. The van der Waals surface area contributed by atoms with E-state index in [1.54, 1.807) is 48.5 Å². The Morgan fingerprint density at radius 2 is 1.38 bits per heavy atom. The number of carbonyl (C=O) groups excluding carboxylic acids is 2. The highest BCUT2D eigenvalue weighted by molar-refractivity contribution is 5.98. The maximum absolute atomic E-state index is 12.8. The lowest BCUT2D eigenvalue weighted by Gasteiger charge is -2.18. The van der Waals surface area contributed by atoms with Gasteiger partial charge in [0.1, 0.15) is 0 Å². The number of ether oxygens (including phenoxy) is 1. The van der Waals surface area contributed by atoms with Gasteiger partial charge in [-0.3, -0.25) is 4.79 Å². The first-order valence-corrected chi connectivity index (χ1v) is 8.32. The number of anilines is 1. The van der Waals surface area contributed by atoms with Crippen molar-refractivity contribution in [2.45, 2.75) is 13.0 Å². The first-order chi connectivity index (χ1) is 12.6. The minimum Gasteiger partial charge on any atom is -0.444 e. The molecule has 0 heterocycles. The number of carbonyl (C=O) groups is 2. The second-order valence-corrected chi connectivity index (χ2v) is 5.92. The lowest BCUT2D eigenvalue weighted by molar-refractivity contribution is -0.125. The van der Waals surface area contributed by atoms with Gasteiger partial charge in [0.25, 0.3) is 5.91 Å². The van der Waals surface area contributed by atoms with Crippen LogP contribution in [0.5, 0.6) is 0 Å². The molecule has 1 amide bonds. The third-order valence-electron chi connectivity index (χ3n) is 3.89. The third kappa shape index (κ3) is 4.36. The number of hydrogen-bond donors (Lipinski definition) is 1. The van der Waals surface area contributed by atoms with Crippen molar-refractivity contribution >= 4 is 17.6 Å². The molecule has 0 aromatic heterocycles. The number of amides is 1. The summed E-state index contributed by atoms with van der Waals surface area (Å²) in [6, 6.07) is 25.0. The molecule has 0 aliphatic carbocycles. The molecule has 0 spiro atoms. The Kier molecular flexibility index (Phi) is 5.44. The van der Waals surface area contributed by atoms with Crippen molar-refractivity contribution in [3.63, 3.8) is 0 Å². The summed E-state index contributed by atoms with van der Waals surface area (Å²) in [4.78, 5) is 25.2. The van der Waals surface area contributed by atoms with Crippen molar-refractivity contribution < 1.29 is 14.3 Å². The van der Waals surface area contributed by atoms with E-state index >= 15 is 0 Å². The molecule has 0 aliphatic rings. The van der Waals surface area contributed by atoms with Crippen LogP contribution in [0.1, 0.15) is 27.6 Å². The molecule has 0 fully saturated rings. The summed E-state index contributed by atoms with van der Waals surface area (Å²) in [5.74, 6) is -0.942. The van der Waals surface area contributed by atoms with Crippen LogP contribution in [0.15, 0.2) is 84.9 Å². The Morgan fingerprint density at radius 1 is 0.808 bits per heavy atom. The van der Waals surface area contributed by atoms with Crippen LogP contribution in [-0.2, 0) is 9.53 Å². The van der Waals surface area contributed by atoms with Gasteiger partial charge >= 0.3 is 5.97 Å². The van der Waals surface area contributed by atoms with Crippen molar-refractivity contribution in [3.05, 3.63) is 102 Å². The molecule has 3 aromatic rings. The number of aryl methyl sites for hydroxylation is 1. The van der Waals surface area contributed by atoms with Gasteiger partial charge in [-0.1, -0.05) is 66.2 Å². The second-order valence-electron chi connectivity index (χ2n) is 5.92. The highest BCUT2D eigenvalue weighted by Crippen LogP contribution is 2.22. The van der Waals surface area contributed by atoms with E-state index in [1.165, 1.54) is 0 Å². The van der Waals surface area contributed by atoms with E-state index < -0.39 is 18.0 Å². The van der Waals surface area contributed by atoms with Crippen LogP contribution < -0.4 is 5.32 Å². The van der Waals surface area contributed by atoms with Crippen LogP contribution in [0.25, 0.3) is 0 Å². The molecular formula is C22H19NO3. The van der Waals surface area contributed by atoms with E-state index in [0.29, 0.717) is 16.8 Å². The van der Waals surface area contributed by atoms with Gasteiger partial charge in [-0.2, -0.15) is 0 Å². The Labute approximate surface area is 152 Å². The van der Waals surface area contributed by atoms with Crippen LogP contribution >= 0.6 is 0 Å². The molecule has 1 atom stereocenters. The quantitative estimate of drug-likeness (QED) is 0.691. The average Bonchev–Trinajstić information content (AvgIpc) is 2.69. The molecule has 0 aliphatic heterocycles. The first-order valence-electron chi connectivity index (χ1n) is 8.32. The van der Waals surface area contributed by atoms with E-state index in [2.05, 4.69) is 5.32 Å². The zero-order valence-corrected chi connectivity index (χ0v) is 14.4. The summed E-state index contributed by atoms with van der Waals surface area (Å²) in [7, 11) is 0. The average molecular weight is 345 g/mol. The van der Waals surface area contributed by atoms with Crippen molar-refractivity contribution in [2.75, 3.05) is 5.32 Å². The van der Waals surface area contributed by atoms with Gasteiger partial charge in [-0.15, -0.1) is 0 Å². The van der Waals surface area contributed by atoms with Crippen LogP contribution in [0.3, 0.4) is 0 Å². The fourth-order valence-electron chi connectivity index (χ4n) is 2.49. The zero-order valence-electron chi connectivity index (χ0n) is 14.4. The minimum atomic E-state index is -1.04. The summed E-state index contributed by atoms with van der Waals surface area (Å²) in [6.07, 6.45) is -1.04. The molecule has 0 radical (unpaired) electrons. The molecule has 3 aromatic carbocycles. The van der Waals surface area contributed by atoms with Crippen LogP contribution in [-0.4, -0.2) is 11.9 Å². The van der Waals surface area contributed by atoms with Crippen molar-refractivity contribution in [1.29, 1.82) is 0 Å². The van der Waals surface area contributed by atoms with Crippen molar-refractivity contribution in [2.24, 2.45) is 0 Å².